The van der Waals surface area contributed by atoms with Gasteiger partial charge < -0.3 is 4.43 Å². The minimum atomic E-state index is -4.86. The molecule has 144 valence electrons. The van der Waals surface area contributed by atoms with Crippen LogP contribution in [-0.4, -0.2) is 26.4 Å². The van der Waals surface area contributed by atoms with Gasteiger partial charge in [-0.1, -0.05) is 39.5 Å². The van der Waals surface area contributed by atoms with Gasteiger partial charge in [-0.25, -0.2) is 0 Å². The average Bonchev–Trinajstić information content (AvgIpc) is 2.51. The zero-order valence-corrected chi connectivity index (χ0v) is 17.3. The number of alkyl halides is 3. The van der Waals surface area contributed by atoms with E-state index in [-0.39, 0.29) is 16.7 Å². The number of carbonyl (C=O) groups is 1. The van der Waals surface area contributed by atoms with Gasteiger partial charge in [0.1, 0.15) is 0 Å². The molecule has 0 unspecified atom stereocenters. The van der Waals surface area contributed by atoms with Crippen molar-refractivity contribution >= 4 is 14.1 Å². The second-order valence-electron chi connectivity index (χ2n) is 7.82. The summed E-state index contributed by atoms with van der Waals surface area (Å²) in [4.78, 5) is 11.2. The molecular formula is C20H27F3O2Si. The van der Waals surface area contributed by atoms with Crippen molar-refractivity contribution in [3.8, 4) is 11.8 Å². The summed E-state index contributed by atoms with van der Waals surface area (Å²) in [7, 11) is -1.87. The largest absolute Gasteiger partial charge is 0.454 e. The van der Waals surface area contributed by atoms with Gasteiger partial charge in [0.05, 0.1) is 6.10 Å². The Hall–Kier alpha value is -1.58. The van der Waals surface area contributed by atoms with Crippen molar-refractivity contribution in [1.82, 2.24) is 0 Å². The molecule has 0 amide bonds. The van der Waals surface area contributed by atoms with Crippen LogP contribution in [-0.2, 0) is 4.43 Å². The molecule has 0 fully saturated rings. The highest BCUT2D eigenvalue weighted by Gasteiger charge is 2.39. The predicted molar refractivity (Wildman–Crippen MR) is 101 cm³/mol. The van der Waals surface area contributed by atoms with Gasteiger partial charge in [0.25, 0.3) is 5.78 Å². The molecule has 0 spiro atoms. The standard InChI is InChI=1S/C20H27F3O2Si/c1-7-17(25-26(5,6)19(2,3)4)10-8-9-15-11-13-16(14-12-15)18(24)20(21,22)23/h11-14,17H,7,10H2,1-6H3/t17-/m1/s1. The summed E-state index contributed by atoms with van der Waals surface area (Å²) in [6.07, 6.45) is -3.41. The molecule has 6 heteroatoms. The zero-order valence-electron chi connectivity index (χ0n) is 16.3. The number of benzene rings is 1. The number of rotatable bonds is 5. The van der Waals surface area contributed by atoms with E-state index in [9.17, 15) is 18.0 Å². The van der Waals surface area contributed by atoms with Crippen LogP contribution in [0.4, 0.5) is 13.2 Å². The van der Waals surface area contributed by atoms with Gasteiger partial charge in [0.15, 0.2) is 8.32 Å². The maximum absolute atomic E-state index is 12.4. The Morgan fingerprint density at radius 3 is 2.12 bits per heavy atom. The summed E-state index contributed by atoms with van der Waals surface area (Å²) < 4.78 is 43.5. The number of hydrogen-bond acceptors (Lipinski definition) is 2. The van der Waals surface area contributed by atoms with E-state index in [1.165, 1.54) is 12.1 Å². The SMILES string of the molecule is CC[C@H](CC#Cc1ccc(C(=O)C(F)(F)F)cc1)O[Si](C)(C)C(C)(C)C. The van der Waals surface area contributed by atoms with Crippen molar-refractivity contribution in [3.05, 3.63) is 35.4 Å². The summed E-state index contributed by atoms with van der Waals surface area (Å²) in [6, 6.07) is 5.18. The highest BCUT2D eigenvalue weighted by molar-refractivity contribution is 6.74. The Balaban J connectivity index is 2.76. The Bertz CT molecular complexity index is 674. The normalized spacial score (nSPS) is 13.7. The molecule has 0 aromatic heterocycles. The molecule has 0 N–H and O–H groups in total. The lowest BCUT2D eigenvalue weighted by Gasteiger charge is -2.38. The fraction of sp³-hybridized carbons (Fsp3) is 0.550. The molecule has 0 radical (unpaired) electrons. The molecule has 0 heterocycles. The molecule has 0 aliphatic rings. The van der Waals surface area contributed by atoms with Gasteiger partial charge in [0.2, 0.25) is 0 Å². The van der Waals surface area contributed by atoms with Gasteiger partial charge in [-0.2, -0.15) is 13.2 Å². The molecular weight excluding hydrogens is 357 g/mol. The zero-order chi connectivity index (χ0) is 20.2. The first kappa shape index (κ1) is 22.5. The van der Waals surface area contributed by atoms with Crippen LogP contribution in [0.15, 0.2) is 24.3 Å². The number of ketones is 1. The van der Waals surface area contributed by atoms with E-state index in [0.29, 0.717) is 12.0 Å². The van der Waals surface area contributed by atoms with E-state index >= 15 is 0 Å². The predicted octanol–water partition coefficient (Wildman–Crippen LogP) is 5.97. The smallest absolute Gasteiger partial charge is 0.413 e. The molecule has 1 aromatic carbocycles. The minimum absolute atomic E-state index is 0.0365. The van der Waals surface area contributed by atoms with Gasteiger partial charge in [0, 0.05) is 17.5 Å². The summed E-state index contributed by atoms with van der Waals surface area (Å²) in [5, 5.41) is 0.120. The lowest BCUT2D eigenvalue weighted by Crippen LogP contribution is -2.43. The lowest BCUT2D eigenvalue weighted by atomic mass is 10.1. The molecule has 26 heavy (non-hydrogen) atoms. The fourth-order valence-electron chi connectivity index (χ4n) is 2.00. The van der Waals surface area contributed by atoms with E-state index in [1.807, 2.05) is 0 Å². The molecule has 0 aliphatic carbocycles. The van der Waals surface area contributed by atoms with Crippen LogP contribution in [0, 0.1) is 11.8 Å². The molecule has 0 bridgehead atoms. The van der Waals surface area contributed by atoms with Crippen molar-refractivity contribution in [3.63, 3.8) is 0 Å². The summed E-state index contributed by atoms with van der Waals surface area (Å²) in [6.45, 7) is 13.0. The molecule has 2 nitrogen and oxygen atoms in total. The fourth-order valence-corrected chi connectivity index (χ4v) is 3.44. The number of carbonyl (C=O) groups excluding carboxylic acids is 1. The quantitative estimate of drug-likeness (QED) is 0.355. The molecule has 0 saturated carbocycles. The first-order valence-corrected chi connectivity index (χ1v) is 11.6. The lowest BCUT2D eigenvalue weighted by molar-refractivity contribution is -0.0885. The van der Waals surface area contributed by atoms with Crippen molar-refractivity contribution in [2.45, 2.75) is 70.9 Å². The number of halogens is 3. The summed E-state index contributed by atoms with van der Waals surface area (Å²) in [5.74, 6) is 4.14. The summed E-state index contributed by atoms with van der Waals surface area (Å²) in [5.41, 5.74) is 0.196. The van der Waals surface area contributed by atoms with Gasteiger partial charge in [-0.15, -0.1) is 0 Å². The van der Waals surface area contributed by atoms with Crippen LogP contribution in [0.2, 0.25) is 18.1 Å². The van der Waals surface area contributed by atoms with Crippen LogP contribution in [0.1, 0.15) is 56.5 Å². The maximum atomic E-state index is 12.4. The molecule has 1 aromatic rings. The Morgan fingerprint density at radius 1 is 1.15 bits per heavy atom. The minimum Gasteiger partial charge on any atom is -0.413 e. The Labute approximate surface area is 155 Å². The van der Waals surface area contributed by atoms with Gasteiger partial charge in [-0.3, -0.25) is 4.79 Å². The third-order valence-corrected chi connectivity index (χ3v) is 9.22. The van der Waals surface area contributed by atoms with Crippen LogP contribution >= 0.6 is 0 Å². The van der Waals surface area contributed by atoms with Crippen LogP contribution in [0.5, 0.6) is 0 Å². The van der Waals surface area contributed by atoms with E-state index in [0.717, 1.165) is 18.6 Å². The monoisotopic (exact) mass is 384 g/mol. The Kier molecular flexibility index (Phi) is 7.26. The third kappa shape index (κ3) is 6.29. The van der Waals surface area contributed by atoms with Crippen molar-refractivity contribution in [1.29, 1.82) is 0 Å². The highest BCUT2D eigenvalue weighted by Crippen LogP contribution is 2.37. The molecule has 0 saturated heterocycles. The topological polar surface area (TPSA) is 26.3 Å². The molecule has 1 atom stereocenters. The van der Waals surface area contributed by atoms with Crippen molar-refractivity contribution in [2.24, 2.45) is 0 Å². The van der Waals surface area contributed by atoms with E-state index in [4.69, 9.17) is 4.43 Å². The van der Waals surface area contributed by atoms with Crippen LogP contribution in [0.25, 0.3) is 0 Å². The van der Waals surface area contributed by atoms with Crippen LogP contribution < -0.4 is 0 Å². The first-order valence-electron chi connectivity index (χ1n) is 8.66. The van der Waals surface area contributed by atoms with E-state index in [1.54, 1.807) is 0 Å². The Morgan fingerprint density at radius 2 is 1.69 bits per heavy atom. The van der Waals surface area contributed by atoms with Gasteiger partial charge >= 0.3 is 6.18 Å². The van der Waals surface area contributed by atoms with Crippen molar-refractivity contribution in [2.75, 3.05) is 0 Å². The number of hydrogen-bond donors (Lipinski definition) is 0. The summed E-state index contributed by atoms with van der Waals surface area (Å²) >= 11 is 0. The van der Waals surface area contributed by atoms with E-state index in [2.05, 4.69) is 52.6 Å². The second kappa shape index (κ2) is 8.41. The number of Topliss-reactive ketones (excluding diaryl/α,β-unsaturated/α-hetero) is 1. The maximum Gasteiger partial charge on any atom is 0.454 e. The third-order valence-electron chi connectivity index (χ3n) is 4.69. The highest BCUT2D eigenvalue weighted by atomic mass is 28.4. The van der Waals surface area contributed by atoms with Crippen LogP contribution in [0.3, 0.4) is 0 Å². The van der Waals surface area contributed by atoms with E-state index < -0.39 is 20.3 Å². The van der Waals surface area contributed by atoms with Crippen molar-refractivity contribution < 1.29 is 22.4 Å². The second-order valence-corrected chi connectivity index (χ2v) is 12.6. The first-order chi connectivity index (χ1) is 11.8. The average molecular weight is 385 g/mol. The molecule has 1 rings (SSSR count). The van der Waals surface area contributed by atoms with Gasteiger partial charge in [-0.05, 0) is 48.8 Å². The molecule has 0 aliphatic heterocycles.